The van der Waals surface area contributed by atoms with Gasteiger partial charge in [0.2, 0.25) is 0 Å². The number of hydrogen-bond acceptors (Lipinski definition) is 5. The maximum absolute atomic E-state index is 11.9. The zero-order chi connectivity index (χ0) is 22.7. The number of aromatic amines is 1. The molecule has 3 heterocycles. The number of nitrogens with one attached hydrogen (secondary N) is 1. The van der Waals surface area contributed by atoms with E-state index in [9.17, 15) is 4.79 Å². The van der Waals surface area contributed by atoms with E-state index in [1.807, 2.05) is 36.0 Å². The van der Waals surface area contributed by atoms with E-state index in [0.717, 1.165) is 38.9 Å². The molecule has 0 fully saturated rings. The first-order valence-corrected chi connectivity index (χ1v) is 9.97. The molecule has 0 atom stereocenters. The number of ether oxygens (including phenoxy) is 1. The van der Waals surface area contributed by atoms with Gasteiger partial charge in [0, 0.05) is 48.8 Å². The molecule has 0 aliphatic heterocycles. The number of nitrogens with two attached hydrogens (primary N) is 1. The minimum Gasteiger partial charge on any atom is -0.492 e. The maximum atomic E-state index is 11.9. The monoisotopic (exact) mass is 426 g/mol. The lowest BCUT2D eigenvalue weighted by atomic mass is 10.0. The van der Waals surface area contributed by atoms with Gasteiger partial charge in [0.25, 0.3) is 5.91 Å². The molecule has 8 nitrogen and oxygen atoms in total. The summed E-state index contributed by atoms with van der Waals surface area (Å²) in [7, 11) is 3.69. The third-order valence-corrected chi connectivity index (χ3v) is 5.22. The summed E-state index contributed by atoms with van der Waals surface area (Å²) in [5.41, 5.74) is 9.71. The first-order chi connectivity index (χ1) is 15.5. The van der Waals surface area contributed by atoms with Gasteiger partial charge in [-0.2, -0.15) is 5.10 Å². The number of fused-ring (bicyclic) bond motifs is 2. The lowest BCUT2D eigenvalue weighted by molar-refractivity contribution is 0.0996. The van der Waals surface area contributed by atoms with Crippen LogP contribution in [-0.2, 0) is 7.05 Å². The quantitative estimate of drug-likeness (QED) is 0.349. The molecule has 32 heavy (non-hydrogen) atoms. The van der Waals surface area contributed by atoms with E-state index < -0.39 is 5.91 Å². The topological polar surface area (TPSA) is 111 Å². The number of nitrogens with zero attached hydrogens (tertiary/aromatic N) is 4. The number of aryl methyl sites for hydroxylation is 1. The van der Waals surface area contributed by atoms with Crippen molar-refractivity contribution < 1.29 is 9.53 Å². The van der Waals surface area contributed by atoms with Crippen LogP contribution in [0.2, 0.25) is 0 Å². The van der Waals surface area contributed by atoms with Gasteiger partial charge in [-0.05, 0) is 35.9 Å². The molecule has 0 unspecified atom stereocenters. The molecule has 0 aliphatic carbocycles. The first-order valence-electron chi connectivity index (χ1n) is 9.97. The molecule has 1 amide bonds. The summed E-state index contributed by atoms with van der Waals surface area (Å²) in [4.78, 5) is 20.4. The van der Waals surface area contributed by atoms with Crippen molar-refractivity contribution in [1.29, 1.82) is 0 Å². The standard InChI is InChI=1S/C24H22N6O2/c1-4-5-7-15(26-2)10-11-32-21-9-6-8-20-22(21)18(14-30(20)3)16-12-19(23(25)31)28-24-17(16)13-27-29-24/h1,5-9,12-14H,10-11H2,2-3H3,(H2,25,31)(H,27,28,29)/b7-5-,26-15+. The van der Waals surface area contributed by atoms with Gasteiger partial charge in [-0.3, -0.25) is 14.9 Å². The van der Waals surface area contributed by atoms with Crippen LogP contribution in [0.1, 0.15) is 16.9 Å². The van der Waals surface area contributed by atoms with Crippen molar-refractivity contribution in [2.24, 2.45) is 17.8 Å². The molecule has 8 heteroatoms. The van der Waals surface area contributed by atoms with Crippen molar-refractivity contribution in [3.63, 3.8) is 0 Å². The Balaban J connectivity index is 1.79. The molecule has 3 N–H and O–H groups in total. The summed E-state index contributed by atoms with van der Waals surface area (Å²) in [6.07, 6.45) is 13.0. The Morgan fingerprint density at radius 1 is 1.41 bits per heavy atom. The lowest BCUT2D eigenvalue weighted by Gasteiger charge is -2.10. The van der Waals surface area contributed by atoms with Crippen molar-refractivity contribution >= 4 is 33.6 Å². The van der Waals surface area contributed by atoms with Crippen LogP contribution in [0.15, 0.2) is 53.8 Å². The van der Waals surface area contributed by atoms with Gasteiger partial charge >= 0.3 is 0 Å². The molecule has 3 aromatic heterocycles. The average molecular weight is 426 g/mol. The fourth-order valence-corrected chi connectivity index (χ4v) is 3.69. The Kier molecular flexibility index (Phi) is 5.73. The number of H-pyrrole nitrogens is 1. The van der Waals surface area contributed by atoms with E-state index in [1.54, 1.807) is 31.5 Å². The van der Waals surface area contributed by atoms with Gasteiger partial charge in [-0.25, -0.2) is 4.98 Å². The zero-order valence-electron chi connectivity index (χ0n) is 17.8. The molecule has 1 aromatic carbocycles. The van der Waals surface area contributed by atoms with Gasteiger partial charge in [0.15, 0.2) is 5.65 Å². The smallest absolute Gasteiger partial charge is 0.267 e. The van der Waals surface area contributed by atoms with Gasteiger partial charge in [0.05, 0.1) is 18.3 Å². The summed E-state index contributed by atoms with van der Waals surface area (Å²) in [5.74, 6) is 2.59. The number of primary amides is 1. The number of benzene rings is 1. The highest BCUT2D eigenvalue weighted by Crippen LogP contribution is 2.39. The van der Waals surface area contributed by atoms with Crippen LogP contribution < -0.4 is 10.5 Å². The largest absolute Gasteiger partial charge is 0.492 e. The number of hydrogen-bond donors (Lipinski definition) is 2. The van der Waals surface area contributed by atoms with E-state index in [2.05, 4.69) is 26.1 Å². The molecule has 0 bridgehead atoms. The number of amides is 1. The van der Waals surface area contributed by atoms with E-state index in [0.29, 0.717) is 18.7 Å². The second kappa shape index (κ2) is 8.78. The number of carbonyl (C=O) groups is 1. The van der Waals surface area contributed by atoms with Gasteiger partial charge < -0.3 is 15.0 Å². The second-order valence-electron chi connectivity index (χ2n) is 7.17. The highest BCUT2D eigenvalue weighted by molar-refractivity contribution is 6.08. The lowest BCUT2D eigenvalue weighted by Crippen LogP contribution is -2.13. The molecule has 4 aromatic rings. The summed E-state index contributed by atoms with van der Waals surface area (Å²) < 4.78 is 8.18. The predicted octanol–water partition coefficient (Wildman–Crippen LogP) is 3.24. The van der Waals surface area contributed by atoms with Crippen molar-refractivity contribution in [3.8, 4) is 29.2 Å². The SMILES string of the molecule is C#C/C=C\C(CCOc1cccc2c1c(-c1cc(C(N)=O)nc3[nH]ncc13)cn2C)=N/C. The number of aliphatic imine (C=N–C) groups is 1. The minimum atomic E-state index is -0.606. The number of aromatic nitrogens is 4. The summed E-state index contributed by atoms with van der Waals surface area (Å²) in [6, 6.07) is 7.58. The molecule has 4 rings (SSSR count). The molecular weight excluding hydrogens is 404 g/mol. The molecule has 0 saturated carbocycles. The number of terminal acetylenes is 1. The van der Waals surface area contributed by atoms with Crippen LogP contribution in [0, 0.1) is 12.3 Å². The Labute approximate surface area is 184 Å². The van der Waals surface area contributed by atoms with Crippen LogP contribution in [-0.4, -0.2) is 45.0 Å². The highest BCUT2D eigenvalue weighted by Gasteiger charge is 2.19. The molecular formula is C24H22N6O2. The summed E-state index contributed by atoms with van der Waals surface area (Å²) >= 11 is 0. The van der Waals surface area contributed by atoms with Gasteiger partial charge in [-0.1, -0.05) is 12.0 Å². The number of allylic oxidation sites excluding steroid dienone is 2. The highest BCUT2D eigenvalue weighted by atomic mass is 16.5. The first kappa shape index (κ1) is 20.9. The van der Waals surface area contributed by atoms with E-state index in [-0.39, 0.29) is 5.69 Å². The van der Waals surface area contributed by atoms with E-state index >= 15 is 0 Å². The predicted molar refractivity (Wildman–Crippen MR) is 126 cm³/mol. The van der Waals surface area contributed by atoms with Gasteiger partial charge in [0.1, 0.15) is 11.4 Å². The van der Waals surface area contributed by atoms with Crippen molar-refractivity contribution in [3.05, 3.63) is 54.5 Å². The average Bonchev–Trinajstić information content (AvgIpc) is 3.40. The van der Waals surface area contributed by atoms with Crippen LogP contribution in [0.25, 0.3) is 33.1 Å². The Hall–Kier alpha value is -4.38. The fourth-order valence-electron chi connectivity index (χ4n) is 3.69. The van der Waals surface area contributed by atoms with Crippen molar-refractivity contribution in [1.82, 2.24) is 19.7 Å². The molecule has 0 aliphatic rings. The normalized spacial score (nSPS) is 12.0. The van der Waals surface area contributed by atoms with E-state index in [4.69, 9.17) is 16.9 Å². The minimum absolute atomic E-state index is 0.163. The Morgan fingerprint density at radius 2 is 2.25 bits per heavy atom. The molecule has 0 radical (unpaired) electrons. The molecule has 0 spiro atoms. The number of pyridine rings is 1. The number of rotatable bonds is 7. The van der Waals surface area contributed by atoms with Crippen LogP contribution >= 0.6 is 0 Å². The van der Waals surface area contributed by atoms with Crippen molar-refractivity contribution in [2.75, 3.05) is 13.7 Å². The second-order valence-corrected chi connectivity index (χ2v) is 7.17. The zero-order valence-corrected chi connectivity index (χ0v) is 17.8. The summed E-state index contributed by atoms with van der Waals surface area (Å²) in [6.45, 7) is 0.430. The third-order valence-electron chi connectivity index (χ3n) is 5.22. The fraction of sp³-hybridized carbons (Fsp3) is 0.167. The maximum Gasteiger partial charge on any atom is 0.267 e. The van der Waals surface area contributed by atoms with Crippen LogP contribution in [0.5, 0.6) is 5.75 Å². The van der Waals surface area contributed by atoms with Crippen LogP contribution in [0.4, 0.5) is 0 Å². The Morgan fingerprint density at radius 3 is 3.00 bits per heavy atom. The van der Waals surface area contributed by atoms with Gasteiger partial charge in [-0.15, -0.1) is 6.42 Å². The molecule has 0 saturated heterocycles. The third kappa shape index (κ3) is 3.84. The van der Waals surface area contributed by atoms with E-state index in [1.165, 1.54) is 0 Å². The van der Waals surface area contributed by atoms with Crippen LogP contribution in [0.3, 0.4) is 0 Å². The van der Waals surface area contributed by atoms with Crippen molar-refractivity contribution in [2.45, 2.75) is 6.42 Å². The Bertz CT molecular complexity index is 1420. The molecule has 160 valence electrons. The number of carbonyl (C=O) groups excluding carboxylic acids is 1. The summed E-state index contributed by atoms with van der Waals surface area (Å²) in [5, 5.41) is 8.63.